The highest BCUT2D eigenvalue weighted by Crippen LogP contribution is 2.24. The van der Waals surface area contributed by atoms with Crippen molar-refractivity contribution < 1.29 is 39.8 Å². The van der Waals surface area contributed by atoms with E-state index in [1.807, 2.05) is 0 Å². The van der Waals surface area contributed by atoms with Crippen LogP contribution in [0.5, 0.6) is 0 Å². The van der Waals surface area contributed by atoms with Crippen LogP contribution in [0.1, 0.15) is 328 Å². The molecule has 1 aliphatic heterocycles. The highest BCUT2D eigenvalue weighted by Gasteiger charge is 2.44. The van der Waals surface area contributed by atoms with E-state index in [0.717, 1.165) is 38.5 Å². The average molecular weight is 997 g/mol. The summed E-state index contributed by atoms with van der Waals surface area (Å²) in [7, 11) is 0. The van der Waals surface area contributed by atoms with Crippen LogP contribution in [0.15, 0.2) is 0 Å². The summed E-state index contributed by atoms with van der Waals surface area (Å²) in [6.07, 6.45) is 55.7. The Kier molecular flexibility index (Phi) is 49.6. The highest BCUT2D eigenvalue weighted by atomic mass is 16.7. The Bertz CT molecular complexity index is 1060. The van der Waals surface area contributed by atoms with Crippen LogP contribution >= 0.6 is 0 Å². The van der Waals surface area contributed by atoms with Gasteiger partial charge in [0.15, 0.2) is 6.29 Å². The molecule has 9 heteroatoms. The van der Waals surface area contributed by atoms with E-state index in [4.69, 9.17) is 9.47 Å². The first-order valence-electron chi connectivity index (χ1n) is 31.2. The molecule has 0 spiro atoms. The van der Waals surface area contributed by atoms with Crippen molar-refractivity contribution in [1.29, 1.82) is 0 Å². The number of aliphatic hydroxyl groups is 5. The Hall–Kier alpha value is -0.810. The maximum Gasteiger partial charge on any atom is 0.220 e. The quantitative estimate of drug-likeness (QED) is 0.0330. The summed E-state index contributed by atoms with van der Waals surface area (Å²) >= 11 is 0. The van der Waals surface area contributed by atoms with Crippen LogP contribution in [0.25, 0.3) is 0 Å². The second-order valence-electron chi connectivity index (χ2n) is 22.2. The molecule has 1 rings (SSSR count). The smallest absolute Gasteiger partial charge is 0.220 e. The summed E-state index contributed by atoms with van der Waals surface area (Å²) in [5.41, 5.74) is 0. The molecule has 1 amide bonds. The second kappa shape index (κ2) is 51.7. The van der Waals surface area contributed by atoms with Crippen molar-refractivity contribution in [2.24, 2.45) is 0 Å². The monoisotopic (exact) mass is 996 g/mol. The van der Waals surface area contributed by atoms with Gasteiger partial charge in [0.25, 0.3) is 0 Å². The van der Waals surface area contributed by atoms with Gasteiger partial charge in [-0.2, -0.15) is 0 Å². The fourth-order valence-corrected chi connectivity index (χ4v) is 10.5. The molecule has 9 nitrogen and oxygen atoms in total. The van der Waals surface area contributed by atoms with E-state index in [1.54, 1.807) is 0 Å². The van der Waals surface area contributed by atoms with Gasteiger partial charge in [0.05, 0.1) is 25.4 Å². The first-order valence-corrected chi connectivity index (χ1v) is 31.2. The van der Waals surface area contributed by atoms with Gasteiger partial charge in [0.2, 0.25) is 5.91 Å². The van der Waals surface area contributed by atoms with Crippen LogP contribution in [0.2, 0.25) is 0 Å². The molecule has 0 aromatic heterocycles. The summed E-state index contributed by atoms with van der Waals surface area (Å²) < 4.78 is 11.3. The topological polar surface area (TPSA) is 149 Å². The molecule has 1 heterocycles. The Balaban J connectivity index is 2.16. The summed E-state index contributed by atoms with van der Waals surface area (Å²) in [5.74, 6) is -0.135. The van der Waals surface area contributed by atoms with Gasteiger partial charge in [0, 0.05) is 6.42 Å². The predicted molar refractivity (Wildman–Crippen MR) is 295 cm³/mol. The van der Waals surface area contributed by atoms with Gasteiger partial charge in [-0.25, -0.2) is 0 Å². The molecule has 0 aromatic carbocycles. The first-order chi connectivity index (χ1) is 34.3. The van der Waals surface area contributed by atoms with Gasteiger partial charge in [-0.15, -0.1) is 0 Å². The minimum Gasteiger partial charge on any atom is -0.394 e. The van der Waals surface area contributed by atoms with E-state index in [1.165, 1.54) is 263 Å². The number of hydrogen-bond acceptors (Lipinski definition) is 8. The van der Waals surface area contributed by atoms with Crippen LogP contribution in [0.3, 0.4) is 0 Å². The number of carbonyl (C=O) groups is 1. The third kappa shape index (κ3) is 40.6. The minimum atomic E-state index is -1.55. The maximum atomic E-state index is 13.1. The lowest BCUT2D eigenvalue weighted by atomic mass is 9.99. The van der Waals surface area contributed by atoms with E-state index in [2.05, 4.69) is 19.2 Å². The average Bonchev–Trinajstić information content (AvgIpc) is 3.36. The van der Waals surface area contributed by atoms with E-state index in [-0.39, 0.29) is 12.5 Å². The molecule has 1 saturated heterocycles. The molecule has 70 heavy (non-hydrogen) atoms. The lowest BCUT2D eigenvalue weighted by molar-refractivity contribution is -0.302. The van der Waals surface area contributed by atoms with Gasteiger partial charge < -0.3 is 40.3 Å². The Morgan fingerprint density at radius 1 is 0.429 bits per heavy atom. The Morgan fingerprint density at radius 3 is 1.01 bits per heavy atom. The van der Waals surface area contributed by atoms with Gasteiger partial charge in [0.1, 0.15) is 24.4 Å². The zero-order chi connectivity index (χ0) is 50.8. The number of carbonyl (C=O) groups excluding carboxylic acids is 1. The maximum absolute atomic E-state index is 13.1. The van der Waals surface area contributed by atoms with Crippen LogP contribution in [-0.2, 0) is 14.3 Å². The van der Waals surface area contributed by atoms with Crippen LogP contribution in [-0.4, -0.2) is 87.5 Å². The van der Waals surface area contributed by atoms with Crippen molar-refractivity contribution >= 4 is 5.91 Å². The molecule has 0 aliphatic carbocycles. The van der Waals surface area contributed by atoms with Gasteiger partial charge in [-0.1, -0.05) is 309 Å². The van der Waals surface area contributed by atoms with E-state index >= 15 is 0 Å². The van der Waals surface area contributed by atoms with Gasteiger partial charge in [-0.3, -0.25) is 4.79 Å². The summed E-state index contributed by atoms with van der Waals surface area (Å²) in [4.78, 5) is 13.1. The van der Waals surface area contributed by atoms with E-state index < -0.39 is 49.5 Å². The van der Waals surface area contributed by atoms with Gasteiger partial charge >= 0.3 is 0 Å². The number of aliphatic hydroxyl groups excluding tert-OH is 5. The standard InChI is InChI=1S/C61H121NO8/c1-3-5-7-9-11-13-15-17-19-21-23-25-27-29-30-32-34-36-38-40-42-44-46-48-50-55(64)54(53-69-61-60(68)59(67)58(66)56(52-63)70-61)62-57(65)51-49-47-45-43-41-39-37-35-33-31-28-26-24-22-20-18-16-14-12-10-8-6-4-2/h54-56,58-61,63-64,66-68H,3-53H2,1-2H3,(H,62,65). The fraction of sp³-hybridized carbons (Fsp3) is 0.984. The molecule has 1 aliphatic rings. The van der Waals surface area contributed by atoms with Crippen molar-refractivity contribution in [3.8, 4) is 0 Å². The molecule has 1 fully saturated rings. The second-order valence-corrected chi connectivity index (χ2v) is 22.2. The van der Waals surface area contributed by atoms with Crippen LogP contribution in [0, 0.1) is 0 Å². The summed E-state index contributed by atoms with van der Waals surface area (Å²) in [6.45, 7) is 3.90. The fourth-order valence-electron chi connectivity index (χ4n) is 10.5. The molecule has 0 radical (unpaired) electrons. The molecular weight excluding hydrogens is 875 g/mol. The summed E-state index contributed by atoms with van der Waals surface area (Å²) in [6, 6.07) is -0.714. The zero-order valence-electron chi connectivity index (χ0n) is 46.6. The van der Waals surface area contributed by atoms with Crippen molar-refractivity contribution in [2.75, 3.05) is 13.2 Å². The number of unbranched alkanes of at least 4 members (excludes halogenated alkanes) is 45. The van der Waals surface area contributed by atoms with E-state index in [0.29, 0.717) is 12.8 Å². The Labute approximate surface area is 434 Å². The molecule has 0 saturated carbocycles. The normalized spacial score (nSPS) is 19.2. The first kappa shape index (κ1) is 67.2. The minimum absolute atomic E-state index is 0.131. The molecule has 6 N–H and O–H groups in total. The van der Waals surface area contributed by atoms with E-state index in [9.17, 15) is 30.3 Å². The largest absolute Gasteiger partial charge is 0.394 e. The van der Waals surface area contributed by atoms with Crippen LogP contribution < -0.4 is 5.32 Å². The molecule has 0 bridgehead atoms. The van der Waals surface area contributed by atoms with Crippen molar-refractivity contribution in [1.82, 2.24) is 5.32 Å². The SMILES string of the molecule is CCCCCCCCCCCCCCCCCCCCCCCCCCC(O)C(COC1OC(CO)C(O)C(O)C1O)NC(=O)CCCCCCCCCCCCCCCCCCCCCCCCC. The summed E-state index contributed by atoms with van der Waals surface area (Å²) in [5, 5.41) is 54.8. The lowest BCUT2D eigenvalue weighted by Crippen LogP contribution is -2.60. The van der Waals surface area contributed by atoms with Crippen molar-refractivity contribution in [2.45, 2.75) is 371 Å². The van der Waals surface area contributed by atoms with Crippen LogP contribution in [0.4, 0.5) is 0 Å². The molecule has 0 aromatic rings. The number of nitrogens with one attached hydrogen (secondary N) is 1. The van der Waals surface area contributed by atoms with Crippen molar-refractivity contribution in [3.05, 3.63) is 0 Å². The third-order valence-electron chi connectivity index (χ3n) is 15.5. The molecular formula is C61H121NO8. The predicted octanol–water partition coefficient (Wildman–Crippen LogP) is 15.8. The molecule has 7 atom stereocenters. The highest BCUT2D eigenvalue weighted by molar-refractivity contribution is 5.76. The van der Waals surface area contributed by atoms with Crippen molar-refractivity contribution in [3.63, 3.8) is 0 Å². The molecule has 418 valence electrons. The van der Waals surface area contributed by atoms with Gasteiger partial charge in [-0.05, 0) is 12.8 Å². The number of amides is 1. The zero-order valence-corrected chi connectivity index (χ0v) is 46.6. The Morgan fingerprint density at radius 2 is 0.714 bits per heavy atom. The molecule has 7 unspecified atom stereocenters. The number of ether oxygens (including phenoxy) is 2. The lowest BCUT2D eigenvalue weighted by Gasteiger charge is -2.40. The number of rotatable bonds is 55. The third-order valence-corrected chi connectivity index (χ3v) is 15.5. The number of hydrogen-bond donors (Lipinski definition) is 6.